The van der Waals surface area contributed by atoms with E-state index in [2.05, 4.69) is 0 Å². The molecule has 0 aliphatic rings. The third kappa shape index (κ3) is 3.48. The van der Waals surface area contributed by atoms with Crippen molar-refractivity contribution in [3.05, 3.63) is 35.9 Å². The van der Waals surface area contributed by atoms with Crippen LogP contribution in [0.3, 0.4) is 0 Å². The van der Waals surface area contributed by atoms with Crippen LogP contribution in [0.25, 0.3) is 0 Å². The lowest BCUT2D eigenvalue weighted by Crippen LogP contribution is -2.35. The van der Waals surface area contributed by atoms with E-state index >= 15 is 0 Å². The Morgan fingerprint density at radius 2 is 1.83 bits per heavy atom. The molecule has 0 bridgehead atoms. The number of carbonyl (C=O) groups excluding carboxylic acids is 2. The minimum atomic E-state index is -0.887. The van der Waals surface area contributed by atoms with Crippen molar-refractivity contribution in [2.45, 2.75) is 31.8 Å². The fourth-order valence-corrected chi connectivity index (χ4v) is 1.97. The van der Waals surface area contributed by atoms with Crippen molar-refractivity contribution < 1.29 is 14.3 Å². The first-order chi connectivity index (χ1) is 8.50. The SMILES string of the molecule is CCC(CCC(N)=O)(OC(N)=O)c1ccccc1. The molecule has 0 aromatic heterocycles. The molecule has 1 rings (SSSR count). The zero-order chi connectivity index (χ0) is 13.6. The second-order valence-corrected chi connectivity index (χ2v) is 4.10. The molecular weight excluding hydrogens is 232 g/mol. The summed E-state index contributed by atoms with van der Waals surface area (Å²) in [5.74, 6) is -0.433. The van der Waals surface area contributed by atoms with Crippen LogP contribution in [0, 0.1) is 0 Å². The molecule has 5 heteroatoms. The van der Waals surface area contributed by atoms with E-state index in [0.29, 0.717) is 12.8 Å². The molecule has 5 nitrogen and oxygen atoms in total. The standard InChI is InChI=1S/C13H18N2O3/c1-2-13(18-12(15)17,9-8-11(14)16)10-6-4-3-5-7-10/h3-7H,2,8-9H2,1H3,(H2,14,16)(H2,15,17). The molecule has 2 amide bonds. The zero-order valence-corrected chi connectivity index (χ0v) is 10.4. The van der Waals surface area contributed by atoms with Crippen molar-refractivity contribution in [1.29, 1.82) is 0 Å². The van der Waals surface area contributed by atoms with Crippen molar-refractivity contribution >= 4 is 12.0 Å². The maximum atomic E-state index is 11.1. The Labute approximate surface area is 106 Å². The number of carbonyl (C=O) groups is 2. The molecule has 0 aliphatic heterocycles. The third-order valence-corrected chi connectivity index (χ3v) is 2.94. The largest absolute Gasteiger partial charge is 0.438 e. The van der Waals surface area contributed by atoms with Crippen LogP contribution in [0.1, 0.15) is 31.7 Å². The molecule has 98 valence electrons. The molecule has 1 unspecified atom stereocenters. The van der Waals surface area contributed by atoms with Crippen LogP contribution in [0.15, 0.2) is 30.3 Å². The number of nitrogens with two attached hydrogens (primary N) is 2. The van der Waals surface area contributed by atoms with E-state index in [-0.39, 0.29) is 6.42 Å². The van der Waals surface area contributed by atoms with Gasteiger partial charge in [0.15, 0.2) is 0 Å². The Bertz CT molecular complexity index is 420. The van der Waals surface area contributed by atoms with E-state index in [9.17, 15) is 9.59 Å². The number of rotatable bonds is 6. The summed E-state index contributed by atoms with van der Waals surface area (Å²) < 4.78 is 5.25. The van der Waals surface area contributed by atoms with E-state index in [1.807, 2.05) is 37.3 Å². The molecule has 1 aromatic carbocycles. The van der Waals surface area contributed by atoms with Crippen LogP contribution < -0.4 is 11.5 Å². The van der Waals surface area contributed by atoms with Crippen molar-refractivity contribution in [3.8, 4) is 0 Å². The summed E-state index contributed by atoms with van der Waals surface area (Å²) in [6.45, 7) is 1.87. The van der Waals surface area contributed by atoms with Crippen molar-refractivity contribution in [2.75, 3.05) is 0 Å². The Hall–Kier alpha value is -2.04. The van der Waals surface area contributed by atoms with Gasteiger partial charge in [-0.2, -0.15) is 0 Å². The predicted octanol–water partition coefficient (Wildman–Crippen LogP) is 1.65. The van der Waals surface area contributed by atoms with Gasteiger partial charge in [-0.1, -0.05) is 37.3 Å². The molecule has 0 heterocycles. The van der Waals surface area contributed by atoms with Crippen molar-refractivity contribution in [3.63, 3.8) is 0 Å². The number of hydrogen-bond donors (Lipinski definition) is 2. The molecule has 0 saturated carbocycles. The zero-order valence-electron chi connectivity index (χ0n) is 10.4. The van der Waals surface area contributed by atoms with Crippen LogP contribution in [0.2, 0.25) is 0 Å². The molecule has 0 aliphatic carbocycles. The van der Waals surface area contributed by atoms with Crippen LogP contribution in [-0.2, 0) is 15.1 Å². The number of benzene rings is 1. The number of primary amides is 2. The Morgan fingerprint density at radius 1 is 1.22 bits per heavy atom. The predicted molar refractivity (Wildman–Crippen MR) is 67.5 cm³/mol. The maximum Gasteiger partial charge on any atom is 0.405 e. The summed E-state index contributed by atoms with van der Waals surface area (Å²) in [5, 5.41) is 0. The van der Waals surface area contributed by atoms with Crippen LogP contribution in [0.5, 0.6) is 0 Å². The smallest absolute Gasteiger partial charge is 0.405 e. The van der Waals surface area contributed by atoms with Gasteiger partial charge in [-0.15, -0.1) is 0 Å². The molecular formula is C13H18N2O3. The number of ether oxygens (including phenoxy) is 1. The fourth-order valence-electron chi connectivity index (χ4n) is 1.97. The minimum Gasteiger partial charge on any atom is -0.438 e. The molecule has 0 radical (unpaired) electrons. The molecule has 0 spiro atoms. The lowest BCUT2D eigenvalue weighted by atomic mass is 9.86. The minimum absolute atomic E-state index is 0.135. The number of amides is 2. The average molecular weight is 250 g/mol. The Kier molecular flexibility index (Phi) is 4.71. The quantitative estimate of drug-likeness (QED) is 0.803. The van der Waals surface area contributed by atoms with E-state index in [4.69, 9.17) is 16.2 Å². The highest BCUT2D eigenvalue weighted by atomic mass is 16.6. The molecule has 4 N–H and O–H groups in total. The second-order valence-electron chi connectivity index (χ2n) is 4.10. The summed E-state index contributed by atoms with van der Waals surface area (Å²) in [5.41, 5.74) is 10.2. The third-order valence-electron chi connectivity index (χ3n) is 2.94. The Morgan fingerprint density at radius 3 is 2.28 bits per heavy atom. The fraction of sp³-hybridized carbons (Fsp3) is 0.385. The van der Waals surface area contributed by atoms with Gasteiger partial charge in [0, 0.05) is 12.8 Å². The topological polar surface area (TPSA) is 95.4 Å². The molecule has 0 fully saturated rings. The van der Waals surface area contributed by atoms with Gasteiger partial charge in [-0.05, 0) is 12.0 Å². The van der Waals surface area contributed by atoms with E-state index in [0.717, 1.165) is 5.56 Å². The van der Waals surface area contributed by atoms with Gasteiger partial charge in [0.25, 0.3) is 0 Å². The van der Waals surface area contributed by atoms with Gasteiger partial charge in [0.1, 0.15) is 5.60 Å². The monoisotopic (exact) mass is 250 g/mol. The van der Waals surface area contributed by atoms with Crippen molar-refractivity contribution in [2.24, 2.45) is 11.5 Å². The lowest BCUT2D eigenvalue weighted by Gasteiger charge is -2.32. The summed E-state index contributed by atoms with van der Waals surface area (Å²) in [6.07, 6.45) is 0.125. The molecule has 1 atom stereocenters. The van der Waals surface area contributed by atoms with Gasteiger partial charge in [-0.3, -0.25) is 4.79 Å². The highest BCUT2D eigenvalue weighted by Crippen LogP contribution is 2.34. The summed E-state index contributed by atoms with van der Waals surface area (Å²) in [4.78, 5) is 22.0. The second kappa shape index (κ2) is 6.05. The van der Waals surface area contributed by atoms with Gasteiger partial charge in [0.2, 0.25) is 5.91 Å². The normalized spacial score (nSPS) is 13.6. The first-order valence-corrected chi connectivity index (χ1v) is 5.82. The van der Waals surface area contributed by atoms with E-state index in [1.54, 1.807) is 0 Å². The molecule has 0 saturated heterocycles. The maximum absolute atomic E-state index is 11.1. The van der Waals surface area contributed by atoms with Crippen LogP contribution >= 0.6 is 0 Å². The Balaban J connectivity index is 3.05. The van der Waals surface area contributed by atoms with Gasteiger partial charge in [-0.25, -0.2) is 4.79 Å². The van der Waals surface area contributed by atoms with Crippen molar-refractivity contribution in [1.82, 2.24) is 0 Å². The highest BCUT2D eigenvalue weighted by molar-refractivity contribution is 5.74. The first kappa shape index (κ1) is 14.0. The van der Waals surface area contributed by atoms with Gasteiger partial charge >= 0.3 is 6.09 Å². The van der Waals surface area contributed by atoms with E-state index < -0.39 is 17.6 Å². The summed E-state index contributed by atoms with van der Waals surface area (Å²) in [6, 6.07) is 9.23. The molecule has 18 heavy (non-hydrogen) atoms. The van der Waals surface area contributed by atoms with Gasteiger partial charge in [0.05, 0.1) is 0 Å². The first-order valence-electron chi connectivity index (χ1n) is 5.82. The molecule has 1 aromatic rings. The van der Waals surface area contributed by atoms with Gasteiger partial charge < -0.3 is 16.2 Å². The average Bonchev–Trinajstić information content (AvgIpc) is 2.35. The van der Waals surface area contributed by atoms with Crippen LogP contribution in [-0.4, -0.2) is 12.0 Å². The summed E-state index contributed by atoms with van der Waals surface area (Å²) in [7, 11) is 0. The lowest BCUT2D eigenvalue weighted by molar-refractivity contribution is -0.119. The van der Waals surface area contributed by atoms with E-state index in [1.165, 1.54) is 0 Å². The number of hydrogen-bond acceptors (Lipinski definition) is 3. The van der Waals surface area contributed by atoms with Crippen LogP contribution in [0.4, 0.5) is 4.79 Å². The summed E-state index contributed by atoms with van der Waals surface area (Å²) >= 11 is 0. The highest BCUT2D eigenvalue weighted by Gasteiger charge is 2.34.